The maximum absolute atomic E-state index is 3.65. The molecule has 1 aromatic rings. The molecule has 0 heterocycles. The average Bonchev–Trinajstić information content (AvgIpc) is 2.31. The molecule has 0 aliphatic heterocycles. The number of halogens is 1. The lowest BCUT2D eigenvalue weighted by Crippen LogP contribution is -2.21. The molecule has 2 unspecified atom stereocenters. The molecule has 2 atom stereocenters. The Kier molecular flexibility index (Phi) is 4.49. The summed E-state index contributed by atoms with van der Waals surface area (Å²) in [4.78, 5) is 0. The van der Waals surface area contributed by atoms with Gasteiger partial charge in [0.2, 0.25) is 0 Å². The van der Waals surface area contributed by atoms with Gasteiger partial charge in [-0.1, -0.05) is 31.9 Å². The van der Waals surface area contributed by atoms with Gasteiger partial charge in [0.05, 0.1) is 0 Å². The van der Waals surface area contributed by atoms with E-state index in [2.05, 4.69) is 53.3 Å². The average molecular weight is 296 g/mol. The monoisotopic (exact) mass is 295 g/mol. The Labute approximate surface area is 113 Å². The third-order valence-electron chi connectivity index (χ3n) is 3.82. The van der Waals surface area contributed by atoms with Crippen molar-refractivity contribution in [1.29, 1.82) is 0 Å². The first-order valence-electron chi connectivity index (χ1n) is 6.66. The Morgan fingerprint density at radius 1 is 1.35 bits per heavy atom. The Hall–Kier alpha value is -0.500. The van der Waals surface area contributed by atoms with E-state index in [1.165, 1.54) is 41.4 Å². The summed E-state index contributed by atoms with van der Waals surface area (Å²) in [5.41, 5.74) is 2.54. The minimum absolute atomic E-state index is 0.853. The summed E-state index contributed by atoms with van der Waals surface area (Å²) in [5, 5.41) is 3.60. The normalized spacial score (nSPS) is 24.6. The molecule has 0 amide bonds. The Morgan fingerprint density at radius 2 is 2.18 bits per heavy atom. The highest BCUT2D eigenvalue weighted by Gasteiger charge is 2.18. The van der Waals surface area contributed by atoms with Crippen LogP contribution in [-0.2, 0) is 0 Å². The van der Waals surface area contributed by atoms with Crippen molar-refractivity contribution in [2.45, 2.75) is 39.5 Å². The zero-order valence-electron chi connectivity index (χ0n) is 10.8. The van der Waals surface area contributed by atoms with E-state index >= 15 is 0 Å². The van der Waals surface area contributed by atoms with Crippen LogP contribution in [0.1, 0.15) is 38.2 Å². The van der Waals surface area contributed by atoms with Crippen molar-refractivity contribution in [3.63, 3.8) is 0 Å². The number of anilines is 1. The predicted octanol–water partition coefficient (Wildman–Crippen LogP) is 5.00. The minimum atomic E-state index is 0.853. The zero-order chi connectivity index (χ0) is 12.3. The molecule has 1 saturated carbocycles. The fourth-order valence-corrected chi connectivity index (χ4v) is 3.19. The van der Waals surface area contributed by atoms with Crippen LogP contribution >= 0.6 is 15.9 Å². The smallest absolute Gasteiger partial charge is 0.0487 e. The molecule has 0 bridgehead atoms. The van der Waals surface area contributed by atoms with Gasteiger partial charge in [-0.2, -0.15) is 0 Å². The van der Waals surface area contributed by atoms with Gasteiger partial charge in [0, 0.05) is 16.7 Å². The SMILES string of the molecule is Cc1cccc(NCC2CCCC(C)C2)c1Br. The van der Waals surface area contributed by atoms with E-state index in [-0.39, 0.29) is 0 Å². The highest BCUT2D eigenvalue weighted by molar-refractivity contribution is 9.10. The molecule has 1 nitrogen and oxygen atoms in total. The Bertz CT molecular complexity index is 375. The fourth-order valence-electron chi connectivity index (χ4n) is 2.78. The Balaban J connectivity index is 1.91. The van der Waals surface area contributed by atoms with Gasteiger partial charge in [-0.15, -0.1) is 0 Å². The Morgan fingerprint density at radius 3 is 2.94 bits per heavy atom. The van der Waals surface area contributed by atoms with E-state index in [0.717, 1.165) is 18.4 Å². The number of benzene rings is 1. The molecule has 1 N–H and O–H groups in total. The maximum Gasteiger partial charge on any atom is 0.0487 e. The summed E-state index contributed by atoms with van der Waals surface area (Å²) in [6.45, 7) is 5.64. The van der Waals surface area contributed by atoms with Crippen LogP contribution in [0.5, 0.6) is 0 Å². The van der Waals surface area contributed by atoms with Gasteiger partial charge in [-0.3, -0.25) is 0 Å². The molecule has 2 heteroatoms. The standard InChI is InChI=1S/C15H22BrN/c1-11-5-3-7-13(9-11)10-17-14-8-4-6-12(2)15(14)16/h4,6,8,11,13,17H,3,5,7,9-10H2,1-2H3. The van der Waals surface area contributed by atoms with Crippen molar-refractivity contribution in [1.82, 2.24) is 0 Å². The van der Waals surface area contributed by atoms with Gasteiger partial charge in [0.15, 0.2) is 0 Å². The molecule has 1 aliphatic rings. The van der Waals surface area contributed by atoms with Gasteiger partial charge in [0.1, 0.15) is 0 Å². The third kappa shape index (κ3) is 3.48. The van der Waals surface area contributed by atoms with Crippen molar-refractivity contribution >= 4 is 21.6 Å². The van der Waals surface area contributed by atoms with Crippen LogP contribution in [0.4, 0.5) is 5.69 Å². The quantitative estimate of drug-likeness (QED) is 0.828. The third-order valence-corrected chi connectivity index (χ3v) is 4.87. The van der Waals surface area contributed by atoms with E-state index in [9.17, 15) is 0 Å². The van der Waals surface area contributed by atoms with E-state index < -0.39 is 0 Å². The van der Waals surface area contributed by atoms with E-state index in [0.29, 0.717) is 0 Å². The summed E-state index contributed by atoms with van der Waals surface area (Å²) in [6.07, 6.45) is 5.60. The highest BCUT2D eigenvalue weighted by atomic mass is 79.9. The van der Waals surface area contributed by atoms with Gasteiger partial charge in [0.25, 0.3) is 0 Å². The molecule has 94 valence electrons. The molecular weight excluding hydrogens is 274 g/mol. The van der Waals surface area contributed by atoms with E-state index in [4.69, 9.17) is 0 Å². The summed E-state index contributed by atoms with van der Waals surface area (Å²) in [7, 11) is 0. The first kappa shape index (κ1) is 12.9. The molecular formula is C15H22BrN. The maximum atomic E-state index is 3.65. The summed E-state index contributed by atoms with van der Waals surface area (Å²) in [5.74, 6) is 1.77. The van der Waals surface area contributed by atoms with Crippen molar-refractivity contribution in [2.75, 3.05) is 11.9 Å². The predicted molar refractivity (Wildman–Crippen MR) is 78.5 cm³/mol. The van der Waals surface area contributed by atoms with Gasteiger partial charge in [-0.25, -0.2) is 0 Å². The first-order valence-corrected chi connectivity index (χ1v) is 7.45. The largest absolute Gasteiger partial charge is 0.384 e. The van der Waals surface area contributed by atoms with Gasteiger partial charge >= 0.3 is 0 Å². The van der Waals surface area contributed by atoms with Crippen LogP contribution in [0.2, 0.25) is 0 Å². The van der Waals surface area contributed by atoms with Crippen LogP contribution in [0, 0.1) is 18.8 Å². The molecule has 2 rings (SSSR count). The summed E-state index contributed by atoms with van der Waals surface area (Å²) in [6, 6.07) is 6.41. The number of aryl methyl sites for hydroxylation is 1. The van der Waals surface area contributed by atoms with Gasteiger partial charge in [-0.05, 0) is 59.2 Å². The molecule has 1 aliphatic carbocycles. The van der Waals surface area contributed by atoms with Crippen molar-refractivity contribution in [3.05, 3.63) is 28.2 Å². The fraction of sp³-hybridized carbons (Fsp3) is 0.600. The van der Waals surface area contributed by atoms with E-state index in [1.54, 1.807) is 0 Å². The molecule has 1 fully saturated rings. The second-order valence-corrected chi connectivity index (χ2v) is 6.25. The zero-order valence-corrected chi connectivity index (χ0v) is 12.4. The number of nitrogens with one attached hydrogen (secondary N) is 1. The lowest BCUT2D eigenvalue weighted by atomic mass is 9.82. The van der Waals surface area contributed by atoms with Crippen LogP contribution < -0.4 is 5.32 Å². The lowest BCUT2D eigenvalue weighted by Gasteiger charge is -2.27. The highest BCUT2D eigenvalue weighted by Crippen LogP contribution is 2.30. The number of hydrogen-bond acceptors (Lipinski definition) is 1. The van der Waals surface area contributed by atoms with Crippen LogP contribution in [0.3, 0.4) is 0 Å². The molecule has 0 radical (unpaired) electrons. The van der Waals surface area contributed by atoms with Crippen molar-refractivity contribution in [3.8, 4) is 0 Å². The van der Waals surface area contributed by atoms with E-state index in [1.807, 2.05) is 0 Å². The first-order chi connectivity index (χ1) is 8.16. The van der Waals surface area contributed by atoms with Crippen LogP contribution in [0.25, 0.3) is 0 Å². The molecule has 1 aromatic carbocycles. The number of hydrogen-bond donors (Lipinski definition) is 1. The summed E-state index contributed by atoms with van der Waals surface area (Å²) < 4.78 is 1.21. The second-order valence-electron chi connectivity index (χ2n) is 5.46. The minimum Gasteiger partial charge on any atom is -0.384 e. The molecule has 0 aromatic heterocycles. The topological polar surface area (TPSA) is 12.0 Å². The van der Waals surface area contributed by atoms with Gasteiger partial charge < -0.3 is 5.32 Å². The van der Waals surface area contributed by atoms with Crippen molar-refractivity contribution in [2.24, 2.45) is 11.8 Å². The molecule has 17 heavy (non-hydrogen) atoms. The second kappa shape index (κ2) is 5.90. The molecule has 0 spiro atoms. The summed E-state index contributed by atoms with van der Waals surface area (Å²) >= 11 is 3.65. The van der Waals surface area contributed by atoms with Crippen molar-refractivity contribution < 1.29 is 0 Å². The lowest BCUT2D eigenvalue weighted by molar-refractivity contribution is 0.293. The molecule has 0 saturated heterocycles. The van der Waals surface area contributed by atoms with Crippen LogP contribution in [0.15, 0.2) is 22.7 Å². The van der Waals surface area contributed by atoms with Crippen LogP contribution in [-0.4, -0.2) is 6.54 Å². The number of rotatable bonds is 3.